The monoisotopic (exact) mass is 360 g/mol. The van der Waals surface area contributed by atoms with Crippen molar-refractivity contribution in [3.8, 4) is 0 Å². The second-order valence-electron chi connectivity index (χ2n) is 6.26. The van der Waals surface area contributed by atoms with Gasteiger partial charge in [0, 0.05) is 18.7 Å². The van der Waals surface area contributed by atoms with E-state index in [4.69, 9.17) is 0 Å². The molecule has 5 nitrogen and oxygen atoms in total. The first-order valence-electron chi connectivity index (χ1n) is 8.13. The fourth-order valence-corrected chi connectivity index (χ4v) is 3.78. The van der Waals surface area contributed by atoms with Gasteiger partial charge in [-0.3, -0.25) is 4.79 Å². The first-order valence-corrected chi connectivity index (χ1v) is 9.61. The van der Waals surface area contributed by atoms with E-state index < -0.39 is 10.0 Å². The van der Waals surface area contributed by atoms with Crippen LogP contribution in [-0.4, -0.2) is 20.9 Å². The molecule has 0 radical (unpaired) electrons. The van der Waals surface area contributed by atoms with Crippen molar-refractivity contribution in [2.75, 3.05) is 11.9 Å². The molecule has 2 rings (SSSR count). The lowest BCUT2D eigenvalue weighted by Crippen LogP contribution is -2.28. The number of hydrogen-bond donors (Lipinski definition) is 2. The Bertz CT molecular complexity index is 890. The van der Waals surface area contributed by atoms with Gasteiger partial charge in [0.15, 0.2) is 0 Å². The van der Waals surface area contributed by atoms with Gasteiger partial charge < -0.3 is 5.32 Å². The fourth-order valence-electron chi connectivity index (χ4n) is 2.52. The molecule has 25 heavy (non-hydrogen) atoms. The van der Waals surface area contributed by atoms with Crippen molar-refractivity contribution >= 4 is 21.6 Å². The molecule has 0 aliphatic heterocycles. The van der Waals surface area contributed by atoms with Crippen LogP contribution in [-0.2, 0) is 14.8 Å². The summed E-state index contributed by atoms with van der Waals surface area (Å²) in [7, 11) is -3.62. The van der Waals surface area contributed by atoms with Crippen LogP contribution in [0.5, 0.6) is 0 Å². The van der Waals surface area contributed by atoms with Gasteiger partial charge in [-0.15, -0.1) is 0 Å². The van der Waals surface area contributed by atoms with Crippen molar-refractivity contribution in [3.05, 3.63) is 58.7 Å². The maximum absolute atomic E-state index is 12.3. The Morgan fingerprint density at radius 3 is 2.28 bits per heavy atom. The van der Waals surface area contributed by atoms with Gasteiger partial charge in [-0.25, -0.2) is 13.1 Å². The molecule has 6 heteroatoms. The Morgan fingerprint density at radius 2 is 1.64 bits per heavy atom. The summed E-state index contributed by atoms with van der Waals surface area (Å²) in [4.78, 5) is 12.2. The Kier molecular flexibility index (Phi) is 5.98. The molecule has 0 aliphatic carbocycles. The molecule has 134 valence electrons. The topological polar surface area (TPSA) is 75.3 Å². The molecule has 2 N–H and O–H groups in total. The lowest BCUT2D eigenvalue weighted by molar-refractivity contribution is -0.116. The highest BCUT2D eigenvalue weighted by Crippen LogP contribution is 2.16. The minimum atomic E-state index is -3.62. The number of anilines is 1. The highest BCUT2D eigenvalue weighted by molar-refractivity contribution is 7.89. The lowest BCUT2D eigenvalue weighted by atomic mass is 10.1. The summed E-state index contributed by atoms with van der Waals surface area (Å²) in [5, 5.41) is 2.78. The maximum atomic E-state index is 12.3. The zero-order chi connectivity index (χ0) is 18.6. The van der Waals surface area contributed by atoms with Gasteiger partial charge in [0.05, 0.1) is 4.90 Å². The van der Waals surface area contributed by atoms with Crippen molar-refractivity contribution in [1.82, 2.24) is 4.72 Å². The zero-order valence-electron chi connectivity index (χ0n) is 15.0. The zero-order valence-corrected chi connectivity index (χ0v) is 15.8. The first kappa shape index (κ1) is 19.1. The van der Waals surface area contributed by atoms with Gasteiger partial charge in [-0.1, -0.05) is 23.8 Å². The molecule has 0 spiro atoms. The number of hydrogen-bond acceptors (Lipinski definition) is 3. The molecule has 2 aromatic carbocycles. The number of carbonyl (C=O) groups is 1. The molecule has 2 aromatic rings. The van der Waals surface area contributed by atoms with Gasteiger partial charge in [-0.05, 0) is 62.6 Å². The van der Waals surface area contributed by atoms with E-state index in [1.54, 1.807) is 19.1 Å². The summed E-state index contributed by atoms with van der Waals surface area (Å²) in [5.74, 6) is -0.230. The Morgan fingerprint density at radius 1 is 0.920 bits per heavy atom. The van der Waals surface area contributed by atoms with Crippen molar-refractivity contribution in [3.63, 3.8) is 0 Å². The van der Waals surface area contributed by atoms with E-state index in [9.17, 15) is 13.2 Å². The van der Waals surface area contributed by atoms with Crippen LogP contribution >= 0.6 is 0 Å². The van der Waals surface area contributed by atoms with Crippen molar-refractivity contribution in [1.29, 1.82) is 0 Å². The SMILES string of the molecule is Cc1ccc(S(=O)(=O)NCCC(=O)Nc2ccc(C)c(C)c2)c(C)c1. The molecular weight excluding hydrogens is 336 g/mol. The van der Waals surface area contributed by atoms with Gasteiger partial charge >= 0.3 is 0 Å². The van der Waals surface area contributed by atoms with E-state index in [1.165, 1.54) is 0 Å². The van der Waals surface area contributed by atoms with E-state index >= 15 is 0 Å². The standard InChI is InChI=1S/C19H24N2O3S/c1-13-5-8-18(16(4)11-13)25(23,24)20-10-9-19(22)21-17-7-6-14(2)15(3)12-17/h5-8,11-12,20H,9-10H2,1-4H3,(H,21,22). The van der Waals surface area contributed by atoms with E-state index in [1.807, 2.05) is 45.0 Å². The second kappa shape index (κ2) is 7.80. The summed E-state index contributed by atoms with van der Waals surface area (Å²) >= 11 is 0. The van der Waals surface area contributed by atoms with Gasteiger partial charge in [0.2, 0.25) is 15.9 Å². The number of benzene rings is 2. The lowest BCUT2D eigenvalue weighted by Gasteiger charge is -2.11. The highest BCUT2D eigenvalue weighted by Gasteiger charge is 2.16. The van der Waals surface area contributed by atoms with Gasteiger partial charge in [0.1, 0.15) is 0 Å². The molecule has 0 unspecified atom stereocenters. The Labute approximate surface area is 149 Å². The first-order chi connectivity index (χ1) is 11.7. The summed E-state index contributed by atoms with van der Waals surface area (Å²) in [6.45, 7) is 7.69. The molecule has 0 bridgehead atoms. The van der Waals surface area contributed by atoms with Crippen LogP contribution in [0.15, 0.2) is 41.3 Å². The van der Waals surface area contributed by atoms with Crippen molar-refractivity contribution < 1.29 is 13.2 Å². The molecule has 0 aromatic heterocycles. The highest BCUT2D eigenvalue weighted by atomic mass is 32.2. The Hall–Kier alpha value is -2.18. The van der Waals surface area contributed by atoms with Crippen LogP contribution in [0.1, 0.15) is 28.7 Å². The summed E-state index contributed by atoms with van der Waals surface area (Å²) in [6.07, 6.45) is 0.0665. The minimum absolute atomic E-state index is 0.0479. The second-order valence-corrected chi connectivity index (χ2v) is 8.00. The van der Waals surface area contributed by atoms with Crippen LogP contribution in [0.2, 0.25) is 0 Å². The quantitative estimate of drug-likeness (QED) is 0.830. The third-order valence-electron chi connectivity index (χ3n) is 4.05. The van der Waals surface area contributed by atoms with Crippen LogP contribution in [0.4, 0.5) is 5.69 Å². The normalized spacial score (nSPS) is 11.4. The summed E-state index contributed by atoms with van der Waals surface area (Å²) in [5.41, 5.74) is 4.65. The van der Waals surface area contributed by atoms with Gasteiger partial charge in [0.25, 0.3) is 0 Å². The molecule has 0 saturated carbocycles. The van der Waals surface area contributed by atoms with E-state index in [2.05, 4.69) is 10.0 Å². The molecule has 0 aliphatic rings. The van der Waals surface area contributed by atoms with Crippen LogP contribution in [0, 0.1) is 27.7 Å². The third-order valence-corrected chi connectivity index (χ3v) is 5.68. The van der Waals surface area contributed by atoms with Crippen molar-refractivity contribution in [2.45, 2.75) is 39.0 Å². The number of aryl methyl sites for hydroxylation is 4. The number of carbonyl (C=O) groups excluding carboxylic acids is 1. The predicted octanol–water partition coefficient (Wildman–Crippen LogP) is 3.23. The minimum Gasteiger partial charge on any atom is -0.326 e. The van der Waals surface area contributed by atoms with E-state index in [0.717, 1.165) is 16.7 Å². The maximum Gasteiger partial charge on any atom is 0.240 e. The Balaban J connectivity index is 1.92. The van der Waals surface area contributed by atoms with Crippen LogP contribution in [0.3, 0.4) is 0 Å². The van der Waals surface area contributed by atoms with Gasteiger partial charge in [-0.2, -0.15) is 0 Å². The molecule has 1 amide bonds. The fraction of sp³-hybridized carbons (Fsp3) is 0.316. The number of amides is 1. The number of sulfonamides is 1. The average molecular weight is 360 g/mol. The molecule has 0 saturated heterocycles. The molecule has 0 fully saturated rings. The van der Waals surface area contributed by atoms with Crippen molar-refractivity contribution in [2.24, 2.45) is 0 Å². The molecule has 0 heterocycles. The van der Waals surface area contributed by atoms with E-state index in [0.29, 0.717) is 11.3 Å². The predicted molar refractivity (Wildman–Crippen MR) is 100 cm³/mol. The molecular formula is C19H24N2O3S. The number of rotatable bonds is 6. The summed E-state index contributed by atoms with van der Waals surface area (Å²) in [6, 6.07) is 10.8. The average Bonchev–Trinajstić information content (AvgIpc) is 2.50. The molecule has 0 atom stereocenters. The van der Waals surface area contributed by atoms with Crippen LogP contribution in [0.25, 0.3) is 0 Å². The smallest absolute Gasteiger partial charge is 0.240 e. The van der Waals surface area contributed by atoms with Crippen LogP contribution < -0.4 is 10.0 Å². The largest absolute Gasteiger partial charge is 0.326 e. The number of nitrogens with one attached hydrogen (secondary N) is 2. The van der Waals surface area contributed by atoms with E-state index in [-0.39, 0.29) is 23.8 Å². The third kappa shape index (κ3) is 5.14. The summed E-state index contributed by atoms with van der Waals surface area (Å²) < 4.78 is 27.2.